The van der Waals surface area contributed by atoms with Crippen molar-refractivity contribution in [3.05, 3.63) is 72.2 Å². The molecule has 23 heavy (non-hydrogen) atoms. The average Bonchev–Trinajstić information content (AvgIpc) is 3.10. The Morgan fingerprint density at radius 1 is 1.04 bits per heavy atom. The minimum absolute atomic E-state index is 0.695. The third kappa shape index (κ3) is 3.35. The van der Waals surface area contributed by atoms with Crippen molar-refractivity contribution in [2.75, 3.05) is 0 Å². The zero-order valence-electron chi connectivity index (χ0n) is 12.3. The first-order valence-electron chi connectivity index (χ1n) is 7.31. The highest BCUT2D eigenvalue weighted by Gasteiger charge is 2.14. The maximum Gasteiger partial charge on any atom is 0.205 e. The summed E-state index contributed by atoms with van der Waals surface area (Å²) < 4.78 is 6.91. The highest BCUT2D eigenvalue weighted by molar-refractivity contribution is 8.38. The van der Waals surface area contributed by atoms with Crippen molar-refractivity contribution in [2.24, 2.45) is 4.99 Å². The molecule has 3 aromatic rings. The molecule has 2 heterocycles. The van der Waals surface area contributed by atoms with Crippen molar-refractivity contribution in [3.8, 4) is 11.3 Å². The molecule has 114 valence electrons. The number of thioether (sulfide) groups is 2. The van der Waals surface area contributed by atoms with E-state index in [-0.39, 0.29) is 0 Å². The maximum absolute atomic E-state index is 5.83. The number of oxazole rings is 1. The molecule has 3 nitrogen and oxygen atoms in total. The Hall–Kier alpha value is -1.98. The molecule has 0 atom stereocenters. The van der Waals surface area contributed by atoms with Crippen LogP contribution in [-0.2, 0) is 11.5 Å². The monoisotopic (exact) mass is 338 g/mol. The number of hydrogen-bond donors (Lipinski definition) is 0. The Balaban J connectivity index is 1.44. The Morgan fingerprint density at radius 3 is 2.78 bits per heavy atom. The number of aliphatic imine (C=N–C) groups is 1. The third-order valence-electron chi connectivity index (χ3n) is 3.49. The van der Waals surface area contributed by atoms with Crippen molar-refractivity contribution in [2.45, 2.75) is 11.5 Å². The lowest BCUT2D eigenvalue weighted by Crippen LogP contribution is -1.96. The molecule has 0 saturated heterocycles. The molecule has 1 aliphatic heterocycles. The van der Waals surface area contributed by atoms with Gasteiger partial charge in [0.15, 0.2) is 5.76 Å². The molecule has 0 spiro atoms. The minimum atomic E-state index is 0.695. The molecule has 0 saturated carbocycles. The second kappa shape index (κ2) is 6.64. The molecule has 1 aliphatic rings. The van der Waals surface area contributed by atoms with Crippen LogP contribution in [0.15, 0.2) is 70.2 Å². The van der Waals surface area contributed by atoms with Crippen LogP contribution in [0.4, 0.5) is 5.69 Å². The molecule has 0 radical (unpaired) electrons. The Labute approximate surface area is 143 Å². The second-order valence-electron chi connectivity index (χ2n) is 5.07. The van der Waals surface area contributed by atoms with Crippen molar-refractivity contribution in [3.63, 3.8) is 0 Å². The summed E-state index contributed by atoms with van der Waals surface area (Å²) >= 11 is 3.45. The fraction of sp³-hybridized carbons (Fsp3) is 0.111. The quantitative estimate of drug-likeness (QED) is 0.631. The number of benzene rings is 2. The van der Waals surface area contributed by atoms with Crippen LogP contribution in [0.5, 0.6) is 0 Å². The average molecular weight is 338 g/mol. The topological polar surface area (TPSA) is 38.4 Å². The summed E-state index contributed by atoms with van der Waals surface area (Å²) in [7, 11) is 0. The highest BCUT2D eigenvalue weighted by Crippen LogP contribution is 2.35. The zero-order valence-corrected chi connectivity index (χ0v) is 13.9. The summed E-state index contributed by atoms with van der Waals surface area (Å²) in [6.07, 6.45) is 1.79. The Kier molecular flexibility index (Phi) is 4.22. The van der Waals surface area contributed by atoms with E-state index in [9.17, 15) is 0 Å². The summed E-state index contributed by atoms with van der Waals surface area (Å²) in [5, 5.41) is 0. The molecule has 0 bridgehead atoms. The van der Waals surface area contributed by atoms with Crippen LogP contribution >= 0.6 is 23.5 Å². The summed E-state index contributed by atoms with van der Waals surface area (Å²) in [4.78, 5) is 9.07. The SMILES string of the molecule is c1ccc(-c2cnc(CSC3=Nc4ccccc4CS3)o2)cc1. The lowest BCUT2D eigenvalue weighted by molar-refractivity contribution is 0.530. The lowest BCUT2D eigenvalue weighted by atomic mass is 10.2. The Morgan fingerprint density at radius 2 is 1.87 bits per heavy atom. The zero-order chi connectivity index (χ0) is 15.5. The first-order valence-corrected chi connectivity index (χ1v) is 9.28. The van der Waals surface area contributed by atoms with Gasteiger partial charge in [0.1, 0.15) is 4.38 Å². The van der Waals surface area contributed by atoms with Gasteiger partial charge in [0, 0.05) is 11.3 Å². The first kappa shape index (κ1) is 14.6. The number of para-hydroxylation sites is 1. The number of hydrogen-bond acceptors (Lipinski definition) is 5. The van der Waals surface area contributed by atoms with Gasteiger partial charge in [-0.05, 0) is 11.6 Å². The summed E-state index contributed by atoms with van der Waals surface area (Å²) in [6, 6.07) is 18.3. The van der Waals surface area contributed by atoms with Crippen LogP contribution in [0.25, 0.3) is 11.3 Å². The van der Waals surface area contributed by atoms with E-state index in [1.807, 2.05) is 36.4 Å². The molecule has 0 fully saturated rings. The third-order valence-corrected chi connectivity index (χ3v) is 5.72. The normalized spacial score (nSPS) is 13.5. The minimum Gasteiger partial charge on any atom is -0.440 e. The van der Waals surface area contributed by atoms with E-state index in [1.54, 1.807) is 29.7 Å². The maximum atomic E-state index is 5.83. The fourth-order valence-electron chi connectivity index (χ4n) is 2.32. The lowest BCUT2D eigenvalue weighted by Gasteiger charge is -2.13. The van der Waals surface area contributed by atoms with E-state index in [0.29, 0.717) is 5.75 Å². The van der Waals surface area contributed by atoms with Crippen LogP contribution in [0.2, 0.25) is 0 Å². The summed E-state index contributed by atoms with van der Waals surface area (Å²) in [5.41, 5.74) is 3.42. The summed E-state index contributed by atoms with van der Waals surface area (Å²) in [5.74, 6) is 3.21. The molecule has 1 aromatic heterocycles. The van der Waals surface area contributed by atoms with E-state index in [1.165, 1.54) is 5.56 Å². The van der Waals surface area contributed by atoms with E-state index < -0.39 is 0 Å². The van der Waals surface area contributed by atoms with E-state index >= 15 is 0 Å². The van der Waals surface area contributed by atoms with Gasteiger partial charge in [-0.25, -0.2) is 9.98 Å². The van der Waals surface area contributed by atoms with Crippen molar-refractivity contribution in [1.29, 1.82) is 0 Å². The largest absolute Gasteiger partial charge is 0.440 e. The standard InChI is InChI=1S/C18H14N2OS2/c1-2-6-13(7-3-1)16-10-19-17(21-16)12-23-18-20-15-9-5-4-8-14(15)11-22-18/h1-10H,11-12H2. The van der Waals surface area contributed by atoms with E-state index in [0.717, 1.165) is 33.0 Å². The van der Waals surface area contributed by atoms with Crippen molar-refractivity contribution >= 4 is 33.6 Å². The smallest absolute Gasteiger partial charge is 0.205 e. The van der Waals surface area contributed by atoms with Gasteiger partial charge in [-0.3, -0.25) is 0 Å². The first-order chi connectivity index (χ1) is 11.4. The molecule has 0 N–H and O–H groups in total. The van der Waals surface area contributed by atoms with Crippen molar-refractivity contribution in [1.82, 2.24) is 4.98 Å². The predicted octanol–water partition coefficient (Wildman–Crippen LogP) is 5.51. The van der Waals surface area contributed by atoms with Gasteiger partial charge in [-0.1, -0.05) is 72.1 Å². The molecule has 5 heteroatoms. The summed E-state index contributed by atoms with van der Waals surface area (Å²) in [6.45, 7) is 0. The molecule has 0 unspecified atom stereocenters. The Bertz CT molecular complexity index is 843. The van der Waals surface area contributed by atoms with E-state index in [4.69, 9.17) is 9.41 Å². The molecular formula is C18H14N2OS2. The van der Waals surface area contributed by atoms with E-state index in [2.05, 4.69) is 23.2 Å². The highest BCUT2D eigenvalue weighted by atomic mass is 32.2. The van der Waals surface area contributed by atoms with Gasteiger partial charge in [-0.2, -0.15) is 0 Å². The van der Waals surface area contributed by atoms with Gasteiger partial charge in [0.25, 0.3) is 0 Å². The van der Waals surface area contributed by atoms with Crippen molar-refractivity contribution < 1.29 is 4.42 Å². The van der Waals surface area contributed by atoms with Crippen LogP contribution in [0.1, 0.15) is 11.5 Å². The molecule has 2 aromatic carbocycles. The van der Waals surface area contributed by atoms with Gasteiger partial charge in [0.05, 0.1) is 17.6 Å². The number of fused-ring (bicyclic) bond motifs is 1. The van der Waals surface area contributed by atoms with Gasteiger partial charge in [0.2, 0.25) is 5.89 Å². The molecule has 4 rings (SSSR count). The van der Waals surface area contributed by atoms with Crippen LogP contribution in [0.3, 0.4) is 0 Å². The van der Waals surface area contributed by atoms with Crippen LogP contribution in [-0.4, -0.2) is 9.36 Å². The second-order valence-corrected chi connectivity index (χ2v) is 7.25. The number of nitrogens with zero attached hydrogens (tertiary/aromatic N) is 2. The number of rotatable bonds is 3. The molecule has 0 amide bonds. The van der Waals surface area contributed by atoms with Crippen LogP contribution < -0.4 is 0 Å². The van der Waals surface area contributed by atoms with Crippen LogP contribution in [0, 0.1) is 0 Å². The number of aromatic nitrogens is 1. The van der Waals surface area contributed by atoms with Gasteiger partial charge in [-0.15, -0.1) is 0 Å². The fourth-order valence-corrected chi connectivity index (χ4v) is 4.24. The van der Waals surface area contributed by atoms with Gasteiger partial charge >= 0.3 is 0 Å². The predicted molar refractivity (Wildman–Crippen MR) is 98.1 cm³/mol. The van der Waals surface area contributed by atoms with Gasteiger partial charge < -0.3 is 4.42 Å². The molecular weight excluding hydrogens is 324 g/mol. The molecule has 0 aliphatic carbocycles.